The molecule has 0 N–H and O–H groups in total. The van der Waals surface area contributed by atoms with Crippen molar-refractivity contribution in [1.82, 2.24) is 0 Å². The molecule has 0 radical (unpaired) electrons. The zero-order valence-corrected chi connectivity index (χ0v) is 15.8. The molecule has 0 bridgehead atoms. The molecular formula is C17H27NOS2. The third-order valence-corrected chi connectivity index (χ3v) is 6.63. The summed E-state index contributed by atoms with van der Waals surface area (Å²) in [5, 5.41) is 9.13. The molecule has 1 aromatic rings. The van der Waals surface area contributed by atoms with Gasteiger partial charge in [0.1, 0.15) is 0 Å². The van der Waals surface area contributed by atoms with Gasteiger partial charge >= 0.3 is 0 Å². The third-order valence-electron chi connectivity index (χ3n) is 2.95. The summed E-state index contributed by atoms with van der Waals surface area (Å²) in [6.45, 7) is 12.4. The Balaban J connectivity index is 0.000000921. The first-order valence-electron chi connectivity index (χ1n) is 7.46. The van der Waals surface area contributed by atoms with E-state index in [-0.39, 0.29) is 10.9 Å². The van der Waals surface area contributed by atoms with Gasteiger partial charge in [-0.2, -0.15) is 5.26 Å². The van der Waals surface area contributed by atoms with E-state index in [0.29, 0.717) is 10.8 Å². The SMILES string of the molecule is CC.CC.COC1C(c2ccc(C#N)cc2)SSC1(C)C. The van der Waals surface area contributed by atoms with Crippen LogP contribution in [0.4, 0.5) is 0 Å². The lowest BCUT2D eigenvalue weighted by Crippen LogP contribution is -2.33. The van der Waals surface area contributed by atoms with Crippen molar-refractivity contribution in [1.29, 1.82) is 5.26 Å². The third kappa shape index (κ3) is 5.25. The van der Waals surface area contributed by atoms with Gasteiger partial charge in [-0.3, -0.25) is 0 Å². The van der Waals surface area contributed by atoms with E-state index < -0.39 is 0 Å². The zero-order chi connectivity index (χ0) is 16.5. The molecule has 2 unspecified atom stereocenters. The quantitative estimate of drug-likeness (QED) is 0.639. The van der Waals surface area contributed by atoms with Crippen LogP contribution in [0.1, 0.15) is 57.9 Å². The molecule has 2 rings (SSSR count). The smallest absolute Gasteiger partial charge is 0.0991 e. The number of benzene rings is 1. The summed E-state index contributed by atoms with van der Waals surface area (Å²) in [6.07, 6.45) is 0.199. The average molecular weight is 326 g/mol. The number of ether oxygens (including phenoxy) is 1. The second kappa shape index (κ2) is 10.2. The van der Waals surface area contributed by atoms with E-state index in [1.165, 1.54) is 5.56 Å². The molecule has 4 heteroatoms. The fourth-order valence-corrected chi connectivity index (χ4v) is 5.58. The van der Waals surface area contributed by atoms with Crippen molar-refractivity contribution >= 4 is 21.6 Å². The standard InChI is InChI=1S/C13H15NOS2.2C2H6/c1-13(2)12(15-3)11(16-17-13)10-6-4-9(8-14)5-7-10;2*1-2/h4-7,11-12H,1-3H3;2*1-2H3. The van der Waals surface area contributed by atoms with Crippen LogP contribution in [0.15, 0.2) is 24.3 Å². The summed E-state index contributed by atoms with van der Waals surface area (Å²) in [5.74, 6) is 0. The summed E-state index contributed by atoms with van der Waals surface area (Å²) < 4.78 is 5.77. The first-order valence-corrected chi connectivity index (χ1v) is 9.67. The van der Waals surface area contributed by atoms with Gasteiger partial charge in [-0.1, -0.05) is 61.4 Å². The number of nitrogens with zero attached hydrogens (tertiary/aromatic N) is 1. The second-order valence-electron chi connectivity index (χ2n) is 4.59. The van der Waals surface area contributed by atoms with Crippen molar-refractivity contribution < 1.29 is 4.74 Å². The van der Waals surface area contributed by atoms with Crippen molar-refractivity contribution in [2.75, 3.05) is 7.11 Å². The molecule has 0 spiro atoms. The molecule has 0 aliphatic carbocycles. The van der Waals surface area contributed by atoms with Crippen LogP contribution in [-0.4, -0.2) is 18.0 Å². The number of nitriles is 1. The minimum atomic E-state index is 0.123. The molecule has 1 aliphatic rings. The minimum absolute atomic E-state index is 0.123. The molecule has 21 heavy (non-hydrogen) atoms. The maximum absolute atomic E-state index is 8.79. The van der Waals surface area contributed by atoms with E-state index in [4.69, 9.17) is 10.00 Å². The molecule has 1 heterocycles. The van der Waals surface area contributed by atoms with Crippen molar-refractivity contribution in [3.63, 3.8) is 0 Å². The van der Waals surface area contributed by atoms with Gasteiger partial charge in [0.15, 0.2) is 0 Å². The Morgan fingerprint density at radius 3 is 2.05 bits per heavy atom. The summed E-state index contributed by atoms with van der Waals surface area (Å²) in [7, 11) is 5.50. The molecule has 118 valence electrons. The van der Waals surface area contributed by atoms with Crippen LogP contribution in [0.3, 0.4) is 0 Å². The largest absolute Gasteiger partial charge is 0.378 e. The van der Waals surface area contributed by atoms with Crippen LogP contribution in [0.25, 0.3) is 0 Å². The fraction of sp³-hybridized carbons (Fsp3) is 0.588. The maximum Gasteiger partial charge on any atom is 0.0991 e. The number of hydrogen-bond acceptors (Lipinski definition) is 4. The van der Waals surface area contributed by atoms with Gasteiger partial charge in [-0.25, -0.2) is 0 Å². The van der Waals surface area contributed by atoms with Gasteiger partial charge in [0, 0.05) is 11.9 Å². The monoisotopic (exact) mass is 325 g/mol. The average Bonchev–Trinajstić information content (AvgIpc) is 2.86. The number of hydrogen-bond donors (Lipinski definition) is 0. The molecule has 0 saturated carbocycles. The van der Waals surface area contributed by atoms with Crippen molar-refractivity contribution in [2.45, 2.75) is 57.6 Å². The van der Waals surface area contributed by atoms with Crippen LogP contribution in [0.2, 0.25) is 0 Å². The van der Waals surface area contributed by atoms with Gasteiger partial charge < -0.3 is 4.74 Å². The molecule has 2 atom stereocenters. The topological polar surface area (TPSA) is 33.0 Å². The highest BCUT2D eigenvalue weighted by Crippen LogP contribution is 2.58. The van der Waals surface area contributed by atoms with E-state index in [1.54, 1.807) is 7.11 Å². The first kappa shape index (κ1) is 20.4. The Bertz CT molecular complexity index is 437. The van der Waals surface area contributed by atoms with Gasteiger partial charge in [-0.15, -0.1) is 0 Å². The van der Waals surface area contributed by atoms with E-state index in [0.717, 1.165) is 0 Å². The lowest BCUT2D eigenvalue weighted by Gasteiger charge is -2.26. The summed E-state index contributed by atoms with van der Waals surface area (Å²) >= 11 is 0. The van der Waals surface area contributed by atoms with Crippen LogP contribution in [-0.2, 0) is 4.74 Å². The Kier molecular flexibility index (Phi) is 9.85. The Morgan fingerprint density at radius 1 is 1.10 bits per heavy atom. The van der Waals surface area contributed by atoms with E-state index in [9.17, 15) is 0 Å². The molecular weight excluding hydrogens is 298 g/mol. The Morgan fingerprint density at radius 2 is 1.62 bits per heavy atom. The molecule has 1 aliphatic heterocycles. The first-order chi connectivity index (χ1) is 10.1. The molecule has 2 nitrogen and oxygen atoms in total. The molecule has 1 fully saturated rings. The normalized spacial score (nSPS) is 22.2. The zero-order valence-electron chi connectivity index (χ0n) is 14.1. The Hall–Kier alpha value is -0.630. The van der Waals surface area contributed by atoms with Crippen molar-refractivity contribution in [3.05, 3.63) is 35.4 Å². The number of methoxy groups -OCH3 is 1. The number of rotatable bonds is 2. The Labute approximate surface area is 138 Å². The molecule has 0 aromatic heterocycles. The second-order valence-corrected chi connectivity index (χ2v) is 7.59. The van der Waals surface area contributed by atoms with E-state index in [1.807, 2.05) is 73.5 Å². The van der Waals surface area contributed by atoms with Gasteiger partial charge in [0.05, 0.1) is 23.0 Å². The van der Waals surface area contributed by atoms with Gasteiger partial charge in [0.25, 0.3) is 0 Å². The van der Waals surface area contributed by atoms with Crippen LogP contribution in [0.5, 0.6) is 0 Å². The molecule has 1 aromatic carbocycles. The van der Waals surface area contributed by atoms with E-state index in [2.05, 4.69) is 19.9 Å². The lowest BCUT2D eigenvalue weighted by atomic mass is 9.97. The van der Waals surface area contributed by atoms with Crippen molar-refractivity contribution in [2.24, 2.45) is 0 Å². The highest BCUT2D eigenvalue weighted by molar-refractivity contribution is 8.77. The minimum Gasteiger partial charge on any atom is -0.378 e. The highest BCUT2D eigenvalue weighted by Gasteiger charge is 2.44. The fourth-order valence-electron chi connectivity index (χ4n) is 2.02. The lowest BCUT2D eigenvalue weighted by molar-refractivity contribution is 0.0792. The van der Waals surface area contributed by atoms with Crippen molar-refractivity contribution in [3.8, 4) is 6.07 Å². The summed E-state index contributed by atoms with van der Waals surface area (Å²) in [6, 6.07) is 9.95. The highest BCUT2D eigenvalue weighted by atomic mass is 33.1. The molecule has 1 saturated heterocycles. The van der Waals surface area contributed by atoms with E-state index >= 15 is 0 Å². The maximum atomic E-state index is 8.79. The predicted molar refractivity (Wildman–Crippen MR) is 96.7 cm³/mol. The van der Waals surface area contributed by atoms with Crippen LogP contribution in [0, 0.1) is 11.3 Å². The predicted octanol–water partition coefficient (Wildman–Crippen LogP) is 5.84. The summed E-state index contributed by atoms with van der Waals surface area (Å²) in [4.78, 5) is 0. The van der Waals surface area contributed by atoms with Gasteiger partial charge in [0.2, 0.25) is 0 Å². The van der Waals surface area contributed by atoms with Crippen LogP contribution >= 0.6 is 21.6 Å². The summed E-state index contributed by atoms with van der Waals surface area (Å²) in [5.41, 5.74) is 1.94. The van der Waals surface area contributed by atoms with Gasteiger partial charge in [-0.05, 0) is 31.5 Å². The molecule has 0 amide bonds. The van der Waals surface area contributed by atoms with Crippen LogP contribution < -0.4 is 0 Å².